The van der Waals surface area contributed by atoms with E-state index in [2.05, 4.69) is 15.5 Å². The van der Waals surface area contributed by atoms with Crippen molar-refractivity contribution in [2.75, 3.05) is 0 Å². The van der Waals surface area contributed by atoms with Crippen molar-refractivity contribution in [1.29, 1.82) is 0 Å². The lowest BCUT2D eigenvalue weighted by atomic mass is 10.2. The highest BCUT2D eigenvalue weighted by Crippen LogP contribution is 2.30. The number of aliphatic carboxylic acids is 1. The van der Waals surface area contributed by atoms with E-state index in [4.69, 9.17) is 28.3 Å². The van der Waals surface area contributed by atoms with Gasteiger partial charge in [-0.15, -0.1) is 5.10 Å². The molecule has 0 fully saturated rings. The Hall–Kier alpha value is -1.31. The number of hydrogen-bond acceptors (Lipinski definition) is 5. The second-order valence-corrected chi connectivity index (χ2v) is 5.24. The summed E-state index contributed by atoms with van der Waals surface area (Å²) in [5, 5.41) is 20.9. The van der Waals surface area contributed by atoms with Crippen molar-refractivity contribution in [3.63, 3.8) is 0 Å². The molecule has 1 heterocycles. The molecule has 100 valence electrons. The Kier molecular flexibility index (Phi) is 4.62. The molecule has 0 amide bonds. The number of nitrogens with zero attached hydrogens (tertiary/aromatic N) is 4. The molecule has 0 aliphatic carbocycles. The standard InChI is InChI=1S/C10H8Cl2N4O2S/c11-7-3-1-2-6(9(7)12)5-19-10-13-14-15-16(10)4-8(17)18/h1-3H,4-5H2,(H,17,18). The van der Waals surface area contributed by atoms with E-state index in [1.165, 1.54) is 16.4 Å². The quantitative estimate of drug-likeness (QED) is 0.852. The Morgan fingerprint density at radius 2 is 2.21 bits per heavy atom. The Morgan fingerprint density at radius 3 is 2.95 bits per heavy atom. The maximum absolute atomic E-state index is 10.6. The van der Waals surface area contributed by atoms with E-state index in [0.717, 1.165) is 5.56 Å². The van der Waals surface area contributed by atoms with Crippen LogP contribution in [0.2, 0.25) is 10.0 Å². The zero-order valence-electron chi connectivity index (χ0n) is 9.45. The van der Waals surface area contributed by atoms with Crippen molar-refractivity contribution < 1.29 is 9.90 Å². The van der Waals surface area contributed by atoms with Crippen molar-refractivity contribution in [3.8, 4) is 0 Å². The predicted molar refractivity (Wildman–Crippen MR) is 71.5 cm³/mol. The Labute approximate surface area is 122 Å². The molecule has 2 rings (SSSR count). The third-order valence-corrected chi connectivity index (χ3v) is 4.04. The van der Waals surface area contributed by atoms with Crippen LogP contribution < -0.4 is 0 Å². The van der Waals surface area contributed by atoms with Crippen molar-refractivity contribution in [2.24, 2.45) is 0 Å². The van der Waals surface area contributed by atoms with Crippen LogP contribution in [0.3, 0.4) is 0 Å². The molecule has 0 spiro atoms. The highest BCUT2D eigenvalue weighted by atomic mass is 35.5. The monoisotopic (exact) mass is 318 g/mol. The van der Waals surface area contributed by atoms with Crippen LogP contribution in [0.15, 0.2) is 23.4 Å². The lowest BCUT2D eigenvalue weighted by molar-refractivity contribution is -0.138. The number of carbonyl (C=O) groups is 1. The molecule has 0 bridgehead atoms. The van der Waals surface area contributed by atoms with Gasteiger partial charge >= 0.3 is 5.97 Å². The minimum Gasteiger partial charge on any atom is -0.480 e. The molecule has 6 nitrogen and oxygen atoms in total. The molecule has 1 aromatic carbocycles. The van der Waals surface area contributed by atoms with Crippen molar-refractivity contribution in [1.82, 2.24) is 20.2 Å². The molecular weight excluding hydrogens is 311 g/mol. The first-order valence-electron chi connectivity index (χ1n) is 5.11. The molecule has 2 aromatic rings. The Bertz CT molecular complexity index is 605. The topological polar surface area (TPSA) is 80.9 Å². The Balaban J connectivity index is 2.08. The molecule has 1 N–H and O–H groups in total. The number of rotatable bonds is 5. The summed E-state index contributed by atoms with van der Waals surface area (Å²) in [6, 6.07) is 5.34. The second kappa shape index (κ2) is 6.23. The molecule has 1 aromatic heterocycles. The van der Waals surface area contributed by atoms with Gasteiger partial charge in [0.15, 0.2) is 0 Å². The number of halogens is 2. The summed E-state index contributed by atoms with van der Waals surface area (Å²) in [6.07, 6.45) is 0. The molecule has 0 atom stereocenters. The summed E-state index contributed by atoms with van der Waals surface area (Å²) in [5.41, 5.74) is 0.837. The van der Waals surface area contributed by atoms with Crippen LogP contribution >= 0.6 is 35.0 Å². The molecule has 0 aliphatic heterocycles. The van der Waals surface area contributed by atoms with Gasteiger partial charge in [0.25, 0.3) is 0 Å². The first-order valence-corrected chi connectivity index (χ1v) is 6.85. The van der Waals surface area contributed by atoms with Gasteiger partial charge in [-0.05, 0) is 22.1 Å². The van der Waals surface area contributed by atoms with E-state index in [0.29, 0.717) is 21.0 Å². The summed E-state index contributed by atoms with van der Waals surface area (Å²) < 4.78 is 1.21. The highest BCUT2D eigenvalue weighted by Gasteiger charge is 2.11. The number of tetrazole rings is 1. The first-order chi connectivity index (χ1) is 9.08. The zero-order chi connectivity index (χ0) is 13.8. The number of aromatic nitrogens is 4. The predicted octanol–water partition coefficient (Wildman–Crippen LogP) is 2.36. The van der Waals surface area contributed by atoms with E-state index >= 15 is 0 Å². The summed E-state index contributed by atoms with van der Waals surface area (Å²) in [5.74, 6) is -0.505. The number of carboxylic acid groups (broad SMARTS) is 1. The molecular formula is C10H8Cl2N4O2S. The number of thioether (sulfide) groups is 1. The van der Waals surface area contributed by atoms with Gasteiger partial charge in [-0.25, -0.2) is 4.68 Å². The van der Waals surface area contributed by atoms with E-state index in [9.17, 15) is 4.79 Å². The number of carboxylic acids is 1. The summed E-state index contributed by atoms with van der Waals surface area (Å²) in [4.78, 5) is 10.6. The van der Waals surface area contributed by atoms with Crippen molar-refractivity contribution in [3.05, 3.63) is 33.8 Å². The van der Waals surface area contributed by atoms with Crippen LogP contribution in [-0.2, 0) is 17.1 Å². The normalized spacial score (nSPS) is 10.6. The first kappa shape index (κ1) is 14.1. The fourth-order valence-electron chi connectivity index (χ4n) is 1.33. The van der Waals surface area contributed by atoms with Crippen LogP contribution in [0.5, 0.6) is 0 Å². The zero-order valence-corrected chi connectivity index (χ0v) is 11.8. The highest BCUT2D eigenvalue weighted by molar-refractivity contribution is 7.98. The fourth-order valence-corrected chi connectivity index (χ4v) is 2.67. The smallest absolute Gasteiger partial charge is 0.325 e. The molecule has 0 unspecified atom stereocenters. The van der Waals surface area contributed by atoms with Gasteiger partial charge < -0.3 is 5.11 Å². The average molecular weight is 319 g/mol. The summed E-state index contributed by atoms with van der Waals surface area (Å²) in [7, 11) is 0. The maximum atomic E-state index is 10.6. The summed E-state index contributed by atoms with van der Waals surface area (Å²) in [6.45, 7) is -0.279. The summed E-state index contributed by atoms with van der Waals surface area (Å²) >= 11 is 13.3. The van der Waals surface area contributed by atoms with Gasteiger partial charge in [-0.1, -0.05) is 47.1 Å². The third-order valence-electron chi connectivity index (χ3n) is 2.17. The molecule has 0 saturated heterocycles. The van der Waals surface area contributed by atoms with Crippen LogP contribution in [0.1, 0.15) is 5.56 Å². The SMILES string of the molecule is O=C(O)Cn1nnnc1SCc1cccc(Cl)c1Cl. The van der Waals surface area contributed by atoms with Gasteiger partial charge in [0.1, 0.15) is 6.54 Å². The van der Waals surface area contributed by atoms with Crippen molar-refractivity contribution in [2.45, 2.75) is 17.5 Å². The lowest BCUT2D eigenvalue weighted by Crippen LogP contribution is -2.11. The van der Waals surface area contributed by atoms with E-state index in [-0.39, 0.29) is 6.54 Å². The molecule has 0 saturated carbocycles. The van der Waals surface area contributed by atoms with Crippen LogP contribution in [0.25, 0.3) is 0 Å². The van der Waals surface area contributed by atoms with Crippen molar-refractivity contribution >= 4 is 40.9 Å². The van der Waals surface area contributed by atoms with E-state index < -0.39 is 5.97 Å². The van der Waals surface area contributed by atoms with Gasteiger partial charge in [0, 0.05) is 5.75 Å². The number of benzene rings is 1. The lowest BCUT2D eigenvalue weighted by Gasteiger charge is -2.05. The number of hydrogen-bond donors (Lipinski definition) is 1. The molecule has 0 radical (unpaired) electrons. The Morgan fingerprint density at radius 1 is 1.42 bits per heavy atom. The molecule has 0 aliphatic rings. The van der Waals surface area contributed by atoms with E-state index in [1.807, 2.05) is 6.07 Å². The molecule has 9 heteroatoms. The van der Waals surface area contributed by atoms with Gasteiger partial charge in [-0.3, -0.25) is 4.79 Å². The largest absolute Gasteiger partial charge is 0.480 e. The second-order valence-electron chi connectivity index (χ2n) is 3.51. The van der Waals surface area contributed by atoms with Crippen LogP contribution in [-0.4, -0.2) is 31.3 Å². The molecule has 19 heavy (non-hydrogen) atoms. The van der Waals surface area contributed by atoms with Gasteiger partial charge in [0.05, 0.1) is 10.0 Å². The third kappa shape index (κ3) is 3.59. The minimum absolute atomic E-state index is 0.279. The van der Waals surface area contributed by atoms with Crippen LogP contribution in [0, 0.1) is 0 Å². The minimum atomic E-state index is -1.00. The fraction of sp³-hybridized carbons (Fsp3) is 0.200. The van der Waals surface area contributed by atoms with Gasteiger partial charge in [0.2, 0.25) is 5.16 Å². The average Bonchev–Trinajstić information content (AvgIpc) is 2.78. The van der Waals surface area contributed by atoms with E-state index in [1.54, 1.807) is 12.1 Å². The van der Waals surface area contributed by atoms with Gasteiger partial charge in [-0.2, -0.15) is 0 Å². The maximum Gasteiger partial charge on any atom is 0.325 e. The van der Waals surface area contributed by atoms with Crippen LogP contribution in [0.4, 0.5) is 0 Å².